The first kappa shape index (κ1) is 17.3. The van der Waals surface area contributed by atoms with Crippen molar-refractivity contribution in [2.45, 2.75) is 26.3 Å². The van der Waals surface area contributed by atoms with Gasteiger partial charge in [0.05, 0.1) is 12.8 Å². The van der Waals surface area contributed by atoms with Crippen molar-refractivity contribution in [2.75, 3.05) is 19.7 Å². The van der Waals surface area contributed by atoms with Crippen LogP contribution in [0, 0.1) is 5.92 Å². The number of benzene rings is 1. The number of nitrogens with one attached hydrogen (secondary N) is 1. The van der Waals surface area contributed by atoms with Gasteiger partial charge in [0.25, 0.3) is 0 Å². The molecule has 25 heavy (non-hydrogen) atoms. The van der Waals surface area contributed by atoms with Gasteiger partial charge in [-0.25, -0.2) is 4.79 Å². The number of rotatable bonds is 6. The summed E-state index contributed by atoms with van der Waals surface area (Å²) in [5.74, 6) is 1.35. The number of aromatic nitrogens is 2. The Morgan fingerprint density at radius 2 is 2.28 bits per heavy atom. The van der Waals surface area contributed by atoms with Crippen LogP contribution in [0.1, 0.15) is 24.5 Å². The van der Waals surface area contributed by atoms with Gasteiger partial charge in [0.2, 0.25) is 0 Å². The third-order valence-corrected chi connectivity index (χ3v) is 4.51. The van der Waals surface area contributed by atoms with Gasteiger partial charge in [-0.1, -0.05) is 12.1 Å². The summed E-state index contributed by atoms with van der Waals surface area (Å²) in [7, 11) is 1.93. The van der Waals surface area contributed by atoms with Crippen molar-refractivity contribution in [2.24, 2.45) is 13.0 Å². The molecule has 1 N–H and O–H groups in total. The summed E-state index contributed by atoms with van der Waals surface area (Å²) < 4.78 is 7.32. The van der Waals surface area contributed by atoms with Gasteiger partial charge < -0.3 is 15.0 Å². The zero-order chi connectivity index (χ0) is 17.6. The van der Waals surface area contributed by atoms with Crippen LogP contribution in [0.25, 0.3) is 0 Å². The van der Waals surface area contributed by atoms with E-state index in [-0.39, 0.29) is 6.03 Å². The van der Waals surface area contributed by atoms with Crippen LogP contribution in [-0.4, -0.2) is 40.4 Å². The minimum Gasteiger partial charge on any atom is -0.494 e. The number of carbonyl (C=O) groups is 1. The van der Waals surface area contributed by atoms with Crippen LogP contribution in [0.5, 0.6) is 5.75 Å². The third-order valence-electron chi connectivity index (χ3n) is 4.51. The average molecular weight is 342 g/mol. The minimum atomic E-state index is 0.00972. The number of amides is 2. The molecule has 1 aromatic carbocycles. The summed E-state index contributed by atoms with van der Waals surface area (Å²) in [6, 6.07) is 7.86. The summed E-state index contributed by atoms with van der Waals surface area (Å²) in [6.45, 7) is 4.74. The van der Waals surface area contributed by atoms with E-state index in [2.05, 4.69) is 10.4 Å². The highest BCUT2D eigenvalue weighted by Gasteiger charge is 2.26. The van der Waals surface area contributed by atoms with Crippen LogP contribution in [0.4, 0.5) is 4.79 Å². The maximum absolute atomic E-state index is 12.4. The molecule has 0 unspecified atom stereocenters. The lowest BCUT2D eigenvalue weighted by atomic mass is 10.0. The van der Waals surface area contributed by atoms with Gasteiger partial charge in [-0.15, -0.1) is 0 Å². The van der Waals surface area contributed by atoms with Crippen molar-refractivity contribution < 1.29 is 9.53 Å². The normalized spacial score (nSPS) is 16.9. The Morgan fingerprint density at radius 3 is 3.04 bits per heavy atom. The molecular formula is C19H26N4O2. The quantitative estimate of drug-likeness (QED) is 0.878. The number of aryl methyl sites for hydroxylation is 1. The lowest BCUT2D eigenvalue weighted by molar-refractivity contribution is 0.206. The fourth-order valence-electron chi connectivity index (χ4n) is 3.30. The highest BCUT2D eigenvalue weighted by Crippen LogP contribution is 2.21. The fraction of sp³-hybridized carbons (Fsp3) is 0.474. The van der Waals surface area contributed by atoms with Crippen LogP contribution in [0.2, 0.25) is 0 Å². The molecule has 1 fully saturated rings. The Balaban J connectivity index is 1.46. The Labute approximate surface area is 148 Å². The number of urea groups is 1. The molecule has 6 heteroatoms. The minimum absolute atomic E-state index is 0.00972. The molecule has 0 bridgehead atoms. The maximum atomic E-state index is 12.4. The average Bonchev–Trinajstić information content (AvgIpc) is 3.23. The maximum Gasteiger partial charge on any atom is 0.317 e. The van der Waals surface area contributed by atoms with Gasteiger partial charge >= 0.3 is 6.03 Å². The molecule has 1 saturated heterocycles. The van der Waals surface area contributed by atoms with E-state index in [0.717, 1.165) is 37.2 Å². The molecule has 1 atom stereocenters. The van der Waals surface area contributed by atoms with Crippen molar-refractivity contribution in [1.29, 1.82) is 0 Å². The molecule has 0 spiro atoms. The molecule has 2 amide bonds. The van der Waals surface area contributed by atoms with E-state index in [0.29, 0.717) is 19.1 Å². The topological polar surface area (TPSA) is 59.4 Å². The van der Waals surface area contributed by atoms with E-state index in [1.807, 2.05) is 60.2 Å². The van der Waals surface area contributed by atoms with Crippen molar-refractivity contribution in [1.82, 2.24) is 20.0 Å². The molecule has 6 nitrogen and oxygen atoms in total. The molecule has 0 saturated carbocycles. The molecule has 1 aromatic heterocycles. The number of carbonyl (C=O) groups excluding carboxylic acids is 1. The zero-order valence-electron chi connectivity index (χ0n) is 14.9. The van der Waals surface area contributed by atoms with Gasteiger partial charge in [0.1, 0.15) is 5.75 Å². The molecule has 2 heterocycles. The molecule has 0 aliphatic carbocycles. The predicted molar refractivity (Wildman–Crippen MR) is 96.4 cm³/mol. The van der Waals surface area contributed by atoms with E-state index in [4.69, 9.17) is 4.74 Å². The van der Waals surface area contributed by atoms with E-state index in [1.54, 1.807) is 0 Å². The molecule has 1 aliphatic heterocycles. The van der Waals surface area contributed by atoms with Gasteiger partial charge in [-0.2, -0.15) is 5.10 Å². The number of ether oxygens (including phenoxy) is 1. The second kappa shape index (κ2) is 8.05. The molecule has 0 radical (unpaired) electrons. The smallest absolute Gasteiger partial charge is 0.317 e. The van der Waals surface area contributed by atoms with Gasteiger partial charge in [0, 0.05) is 32.9 Å². The van der Waals surface area contributed by atoms with Crippen LogP contribution in [0.15, 0.2) is 36.7 Å². The summed E-state index contributed by atoms with van der Waals surface area (Å²) in [5.41, 5.74) is 2.29. The summed E-state index contributed by atoms with van der Waals surface area (Å²) in [6.07, 6.45) is 5.98. The predicted octanol–water partition coefficient (Wildman–Crippen LogP) is 2.59. The Bertz CT molecular complexity index is 713. The van der Waals surface area contributed by atoms with E-state index >= 15 is 0 Å². The van der Waals surface area contributed by atoms with Crippen LogP contribution < -0.4 is 10.1 Å². The number of nitrogens with zero attached hydrogens (tertiary/aromatic N) is 3. The molecule has 1 aliphatic rings. The highest BCUT2D eigenvalue weighted by molar-refractivity contribution is 5.74. The van der Waals surface area contributed by atoms with Gasteiger partial charge in [-0.05, 0) is 48.9 Å². The number of hydrogen-bond acceptors (Lipinski definition) is 3. The van der Waals surface area contributed by atoms with Crippen LogP contribution >= 0.6 is 0 Å². The van der Waals surface area contributed by atoms with Crippen LogP contribution in [0.3, 0.4) is 0 Å². The van der Waals surface area contributed by atoms with E-state index in [1.165, 1.54) is 5.56 Å². The Morgan fingerprint density at radius 1 is 1.40 bits per heavy atom. The summed E-state index contributed by atoms with van der Waals surface area (Å²) >= 11 is 0. The third kappa shape index (κ3) is 4.75. The van der Waals surface area contributed by atoms with Crippen molar-refractivity contribution in [3.8, 4) is 5.75 Å². The SMILES string of the molecule is CCOc1cccc(CNC(=O)N2CC[C@H](Cc3cnn(C)c3)C2)c1. The molecule has 2 aromatic rings. The first-order valence-corrected chi connectivity index (χ1v) is 8.86. The first-order valence-electron chi connectivity index (χ1n) is 8.86. The second-order valence-electron chi connectivity index (χ2n) is 6.57. The molecule has 134 valence electrons. The Hall–Kier alpha value is -2.50. The largest absolute Gasteiger partial charge is 0.494 e. The van der Waals surface area contributed by atoms with Crippen LogP contribution in [-0.2, 0) is 20.0 Å². The summed E-state index contributed by atoms with van der Waals surface area (Å²) in [4.78, 5) is 14.3. The lowest BCUT2D eigenvalue weighted by Gasteiger charge is -2.17. The lowest BCUT2D eigenvalue weighted by Crippen LogP contribution is -2.38. The van der Waals surface area contributed by atoms with Crippen molar-refractivity contribution >= 4 is 6.03 Å². The Kier molecular flexibility index (Phi) is 5.58. The fourth-order valence-corrected chi connectivity index (χ4v) is 3.30. The van der Waals surface area contributed by atoms with E-state index < -0.39 is 0 Å². The number of likely N-dealkylation sites (tertiary alicyclic amines) is 1. The first-order chi connectivity index (χ1) is 12.1. The molecular weight excluding hydrogens is 316 g/mol. The van der Waals surface area contributed by atoms with Crippen molar-refractivity contribution in [3.63, 3.8) is 0 Å². The zero-order valence-corrected chi connectivity index (χ0v) is 14.9. The second-order valence-corrected chi connectivity index (χ2v) is 6.57. The number of hydrogen-bond donors (Lipinski definition) is 1. The highest BCUT2D eigenvalue weighted by atomic mass is 16.5. The van der Waals surface area contributed by atoms with Gasteiger partial charge in [0.15, 0.2) is 0 Å². The standard InChI is InChI=1S/C19H26N4O2/c1-3-25-18-6-4-5-15(10-18)11-20-19(24)23-8-7-16(14-23)9-17-12-21-22(2)13-17/h4-6,10,12-13,16H,3,7-9,11,14H2,1-2H3,(H,20,24)/t16-/m1/s1. The monoisotopic (exact) mass is 342 g/mol. The van der Waals surface area contributed by atoms with E-state index in [9.17, 15) is 4.79 Å². The summed E-state index contributed by atoms with van der Waals surface area (Å²) in [5, 5.41) is 7.22. The molecule has 3 rings (SSSR count). The van der Waals surface area contributed by atoms with Crippen molar-refractivity contribution in [3.05, 3.63) is 47.8 Å². The van der Waals surface area contributed by atoms with Gasteiger partial charge in [-0.3, -0.25) is 4.68 Å².